The van der Waals surface area contributed by atoms with E-state index in [1.54, 1.807) is 0 Å². The number of aliphatic imine (C=N–C) groups is 1. The summed E-state index contributed by atoms with van der Waals surface area (Å²) in [6.07, 6.45) is 2.79. The molecule has 1 unspecified atom stereocenters. The molecule has 0 saturated carbocycles. The Morgan fingerprint density at radius 2 is 2.19 bits per heavy atom. The third-order valence-corrected chi connectivity index (χ3v) is 5.17. The quantitative estimate of drug-likeness (QED) is 0.374. The lowest BCUT2D eigenvalue weighted by atomic mass is 10.1. The van der Waals surface area contributed by atoms with Crippen LogP contribution >= 0.6 is 0 Å². The molecular weight excluding hydrogens is 366 g/mol. The summed E-state index contributed by atoms with van der Waals surface area (Å²) in [7, 11) is -2.94. The molecule has 8 heteroatoms. The van der Waals surface area contributed by atoms with Gasteiger partial charge in [-0.15, -0.1) is 0 Å². The van der Waals surface area contributed by atoms with E-state index in [2.05, 4.69) is 21.7 Å². The first-order valence-electron chi connectivity index (χ1n) is 9.41. The molecule has 27 heavy (non-hydrogen) atoms. The number of hydrogen-bond acceptors (Lipinski definition) is 5. The Labute approximate surface area is 162 Å². The fourth-order valence-corrected chi connectivity index (χ4v) is 3.40. The van der Waals surface area contributed by atoms with E-state index in [0.717, 1.165) is 36.4 Å². The number of sulfone groups is 1. The van der Waals surface area contributed by atoms with Gasteiger partial charge in [-0.05, 0) is 31.9 Å². The number of aryl methyl sites for hydroxylation is 1. The SMILES string of the molecule is CCNC(=NCc1ccc(C)cc1OC1CCOC1)NCCCS(C)(=O)=O. The van der Waals surface area contributed by atoms with Crippen molar-refractivity contribution in [3.8, 4) is 5.75 Å². The molecule has 1 aliphatic heterocycles. The second kappa shape index (κ2) is 10.5. The highest BCUT2D eigenvalue weighted by molar-refractivity contribution is 7.90. The van der Waals surface area contributed by atoms with Gasteiger partial charge in [0.25, 0.3) is 0 Å². The predicted molar refractivity (Wildman–Crippen MR) is 108 cm³/mol. The average Bonchev–Trinajstić information content (AvgIpc) is 3.10. The van der Waals surface area contributed by atoms with Crippen LogP contribution in [0.3, 0.4) is 0 Å². The molecule has 1 heterocycles. The minimum absolute atomic E-state index is 0.0943. The van der Waals surface area contributed by atoms with Crippen molar-refractivity contribution in [1.82, 2.24) is 10.6 Å². The summed E-state index contributed by atoms with van der Waals surface area (Å²) in [4.78, 5) is 4.62. The number of ether oxygens (including phenoxy) is 2. The lowest BCUT2D eigenvalue weighted by molar-refractivity contribution is 0.140. The second-order valence-corrected chi connectivity index (χ2v) is 9.08. The van der Waals surface area contributed by atoms with Gasteiger partial charge in [0.05, 0.1) is 25.5 Å². The van der Waals surface area contributed by atoms with Crippen molar-refractivity contribution in [2.24, 2.45) is 4.99 Å². The van der Waals surface area contributed by atoms with Gasteiger partial charge in [0.2, 0.25) is 0 Å². The molecule has 2 N–H and O–H groups in total. The molecule has 2 rings (SSSR count). The first-order chi connectivity index (χ1) is 12.9. The Bertz CT molecular complexity index is 728. The molecule has 1 fully saturated rings. The second-order valence-electron chi connectivity index (χ2n) is 6.82. The van der Waals surface area contributed by atoms with Crippen molar-refractivity contribution in [2.75, 3.05) is 38.3 Å². The maximum Gasteiger partial charge on any atom is 0.191 e. The molecule has 1 saturated heterocycles. The van der Waals surface area contributed by atoms with Gasteiger partial charge < -0.3 is 20.1 Å². The zero-order valence-corrected chi connectivity index (χ0v) is 17.3. The van der Waals surface area contributed by atoms with Crippen LogP contribution in [0.2, 0.25) is 0 Å². The normalized spacial score (nSPS) is 17.7. The first kappa shape index (κ1) is 21.5. The van der Waals surface area contributed by atoms with Gasteiger partial charge in [-0.1, -0.05) is 12.1 Å². The lowest BCUT2D eigenvalue weighted by Crippen LogP contribution is -2.38. The lowest BCUT2D eigenvalue weighted by Gasteiger charge is -2.16. The predicted octanol–water partition coefficient (Wildman–Crippen LogP) is 1.65. The minimum atomic E-state index is -2.94. The smallest absolute Gasteiger partial charge is 0.191 e. The van der Waals surface area contributed by atoms with Crippen LogP contribution in [-0.4, -0.2) is 58.8 Å². The Morgan fingerprint density at radius 1 is 1.37 bits per heavy atom. The molecule has 0 bridgehead atoms. The maximum atomic E-state index is 11.2. The Balaban J connectivity index is 1.99. The van der Waals surface area contributed by atoms with Gasteiger partial charge in [0, 0.05) is 31.3 Å². The van der Waals surface area contributed by atoms with E-state index in [-0.39, 0.29) is 11.9 Å². The van der Waals surface area contributed by atoms with Gasteiger partial charge in [0.1, 0.15) is 21.7 Å². The third kappa shape index (κ3) is 8.17. The molecule has 0 amide bonds. The number of nitrogens with one attached hydrogen (secondary N) is 2. The van der Waals surface area contributed by atoms with Crippen LogP contribution in [0.25, 0.3) is 0 Å². The first-order valence-corrected chi connectivity index (χ1v) is 11.5. The van der Waals surface area contributed by atoms with E-state index in [9.17, 15) is 8.42 Å². The fraction of sp³-hybridized carbons (Fsp3) is 0.632. The average molecular weight is 398 g/mol. The summed E-state index contributed by atoms with van der Waals surface area (Å²) in [6.45, 7) is 7.16. The molecule has 152 valence electrons. The monoisotopic (exact) mass is 397 g/mol. The van der Waals surface area contributed by atoms with Crippen LogP contribution in [0, 0.1) is 6.92 Å². The number of guanidine groups is 1. The van der Waals surface area contributed by atoms with Gasteiger partial charge in [0.15, 0.2) is 5.96 Å². The fourth-order valence-electron chi connectivity index (χ4n) is 2.73. The van der Waals surface area contributed by atoms with Crippen LogP contribution in [0.5, 0.6) is 5.75 Å². The van der Waals surface area contributed by atoms with Crippen LogP contribution in [-0.2, 0) is 21.1 Å². The molecule has 0 spiro atoms. The standard InChI is InChI=1S/C19H31N3O4S/c1-4-20-19(21-9-5-11-27(3,23)24)22-13-16-7-6-15(2)12-18(16)26-17-8-10-25-14-17/h6-7,12,17H,4-5,8-11,13-14H2,1-3H3,(H2,20,21,22). The van der Waals surface area contributed by atoms with Crippen molar-refractivity contribution in [1.29, 1.82) is 0 Å². The number of nitrogens with zero attached hydrogens (tertiary/aromatic N) is 1. The highest BCUT2D eigenvalue weighted by Gasteiger charge is 2.18. The minimum Gasteiger partial charge on any atom is -0.488 e. The van der Waals surface area contributed by atoms with Gasteiger partial charge in [-0.2, -0.15) is 0 Å². The van der Waals surface area contributed by atoms with E-state index in [1.165, 1.54) is 6.26 Å². The van der Waals surface area contributed by atoms with Crippen LogP contribution in [0.1, 0.15) is 30.9 Å². The molecular formula is C19H31N3O4S. The zero-order valence-electron chi connectivity index (χ0n) is 16.5. The molecule has 1 aromatic carbocycles. The molecule has 1 atom stereocenters. The van der Waals surface area contributed by atoms with Crippen molar-refractivity contribution in [3.63, 3.8) is 0 Å². The van der Waals surface area contributed by atoms with Crippen molar-refractivity contribution < 1.29 is 17.9 Å². The Kier molecular flexibility index (Phi) is 8.37. The van der Waals surface area contributed by atoms with Gasteiger partial charge in [-0.3, -0.25) is 0 Å². The molecule has 7 nitrogen and oxygen atoms in total. The van der Waals surface area contributed by atoms with Gasteiger partial charge >= 0.3 is 0 Å². The zero-order chi connectivity index (χ0) is 19.7. The molecule has 1 aromatic rings. The topological polar surface area (TPSA) is 89.0 Å². The van der Waals surface area contributed by atoms with E-state index in [0.29, 0.717) is 32.1 Å². The van der Waals surface area contributed by atoms with Crippen LogP contribution in [0.4, 0.5) is 0 Å². The van der Waals surface area contributed by atoms with E-state index >= 15 is 0 Å². The molecule has 0 aliphatic carbocycles. The Hall–Kier alpha value is -1.80. The number of rotatable bonds is 9. The Morgan fingerprint density at radius 3 is 2.85 bits per heavy atom. The molecule has 0 radical (unpaired) electrons. The van der Waals surface area contributed by atoms with Gasteiger partial charge in [-0.25, -0.2) is 13.4 Å². The third-order valence-electron chi connectivity index (χ3n) is 4.14. The summed E-state index contributed by atoms with van der Waals surface area (Å²) in [5.41, 5.74) is 2.16. The van der Waals surface area contributed by atoms with E-state index < -0.39 is 9.84 Å². The van der Waals surface area contributed by atoms with Crippen LogP contribution in [0.15, 0.2) is 23.2 Å². The summed E-state index contributed by atoms with van der Waals surface area (Å²) < 4.78 is 34.0. The van der Waals surface area contributed by atoms with E-state index in [4.69, 9.17) is 9.47 Å². The number of benzene rings is 1. The van der Waals surface area contributed by atoms with Crippen molar-refractivity contribution >= 4 is 15.8 Å². The highest BCUT2D eigenvalue weighted by Crippen LogP contribution is 2.24. The maximum absolute atomic E-state index is 11.2. The molecule has 0 aromatic heterocycles. The molecule has 1 aliphatic rings. The number of hydrogen-bond donors (Lipinski definition) is 2. The summed E-state index contributed by atoms with van der Waals surface area (Å²) in [6, 6.07) is 6.13. The van der Waals surface area contributed by atoms with Crippen molar-refractivity contribution in [3.05, 3.63) is 29.3 Å². The summed E-state index contributed by atoms with van der Waals surface area (Å²) >= 11 is 0. The summed E-state index contributed by atoms with van der Waals surface area (Å²) in [5, 5.41) is 6.36. The van der Waals surface area contributed by atoms with Crippen molar-refractivity contribution in [2.45, 2.75) is 39.3 Å². The summed E-state index contributed by atoms with van der Waals surface area (Å²) in [5.74, 6) is 1.68. The van der Waals surface area contributed by atoms with E-state index in [1.807, 2.05) is 26.0 Å². The largest absolute Gasteiger partial charge is 0.488 e. The highest BCUT2D eigenvalue weighted by atomic mass is 32.2. The van der Waals surface area contributed by atoms with Crippen LogP contribution < -0.4 is 15.4 Å².